The zero-order chi connectivity index (χ0) is 15.9. The molecule has 0 spiro atoms. The molecule has 5 heteroatoms. The van der Waals surface area contributed by atoms with E-state index in [1.165, 1.54) is 0 Å². The van der Waals surface area contributed by atoms with Gasteiger partial charge in [-0.1, -0.05) is 13.8 Å². The summed E-state index contributed by atoms with van der Waals surface area (Å²) in [5, 5.41) is 0. The summed E-state index contributed by atoms with van der Waals surface area (Å²) >= 11 is 0. The first-order valence-corrected chi connectivity index (χ1v) is 8.07. The van der Waals surface area contributed by atoms with Crippen molar-refractivity contribution in [1.29, 1.82) is 0 Å². The van der Waals surface area contributed by atoms with E-state index < -0.39 is 0 Å². The first-order chi connectivity index (χ1) is 10.0. The summed E-state index contributed by atoms with van der Waals surface area (Å²) in [6.45, 7) is 10.4. The van der Waals surface area contributed by atoms with Crippen molar-refractivity contribution in [3.8, 4) is 0 Å². The van der Waals surface area contributed by atoms with Crippen LogP contribution in [0.4, 0.5) is 0 Å². The standard InChI is InChI=1S/C16H34N2O3/c1-13(2)15-10-16(12-17,6-8-21-15)18(7-9-19-4)14(3)11-20-5/h13-15H,6-12,17H2,1-5H3. The molecule has 21 heavy (non-hydrogen) atoms. The summed E-state index contributed by atoms with van der Waals surface area (Å²) in [6, 6.07) is 0.319. The second-order valence-corrected chi connectivity index (χ2v) is 6.53. The van der Waals surface area contributed by atoms with Crippen LogP contribution in [0.15, 0.2) is 0 Å². The Hall–Kier alpha value is -0.200. The molecule has 0 aliphatic carbocycles. The van der Waals surface area contributed by atoms with E-state index in [-0.39, 0.29) is 11.6 Å². The van der Waals surface area contributed by atoms with Gasteiger partial charge in [-0.2, -0.15) is 0 Å². The molecule has 0 amide bonds. The highest BCUT2D eigenvalue weighted by Gasteiger charge is 2.43. The van der Waals surface area contributed by atoms with Crippen molar-refractivity contribution >= 4 is 0 Å². The molecule has 0 aromatic carbocycles. The number of nitrogens with zero attached hydrogens (tertiary/aromatic N) is 1. The van der Waals surface area contributed by atoms with Crippen molar-refractivity contribution in [1.82, 2.24) is 4.90 Å². The van der Waals surface area contributed by atoms with Crippen LogP contribution in [0.3, 0.4) is 0 Å². The van der Waals surface area contributed by atoms with Gasteiger partial charge in [0.2, 0.25) is 0 Å². The van der Waals surface area contributed by atoms with Gasteiger partial charge >= 0.3 is 0 Å². The molecule has 0 bridgehead atoms. The van der Waals surface area contributed by atoms with Gasteiger partial charge in [0.25, 0.3) is 0 Å². The number of nitrogens with two attached hydrogens (primary N) is 1. The minimum absolute atomic E-state index is 0.0103. The van der Waals surface area contributed by atoms with Crippen molar-refractivity contribution in [3.63, 3.8) is 0 Å². The molecule has 1 rings (SSSR count). The predicted octanol–water partition coefficient (Wildman–Crippen LogP) is 1.50. The summed E-state index contributed by atoms with van der Waals surface area (Å²) in [7, 11) is 3.50. The average molecular weight is 302 g/mol. The van der Waals surface area contributed by atoms with Crippen LogP contribution in [-0.4, -0.2) is 69.7 Å². The van der Waals surface area contributed by atoms with E-state index in [1.54, 1.807) is 14.2 Å². The lowest BCUT2D eigenvalue weighted by Gasteiger charge is -2.51. The van der Waals surface area contributed by atoms with E-state index in [9.17, 15) is 0 Å². The van der Waals surface area contributed by atoms with Crippen LogP contribution in [0, 0.1) is 5.92 Å². The van der Waals surface area contributed by atoms with Crippen molar-refractivity contribution in [3.05, 3.63) is 0 Å². The Bertz CT molecular complexity index is 289. The van der Waals surface area contributed by atoms with E-state index in [2.05, 4.69) is 25.7 Å². The van der Waals surface area contributed by atoms with Crippen molar-refractivity contribution < 1.29 is 14.2 Å². The van der Waals surface area contributed by atoms with Gasteiger partial charge in [-0.3, -0.25) is 4.90 Å². The summed E-state index contributed by atoms with van der Waals surface area (Å²) in [6.07, 6.45) is 2.24. The first-order valence-electron chi connectivity index (χ1n) is 8.07. The quantitative estimate of drug-likeness (QED) is 0.699. The van der Waals surface area contributed by atoms with Crippen LogP contribution in [0.2, 0.25) is 0 Å². The predicted molar refractivity (Wildman–Crippen MR) is 85.5 cm³/mol. The molecule has 3 unspecified atom stereocenters. The molecule has 1 fully saturated rings. The van der Waals surface area contributed by atoms with Crippen molar-refractivity contribution in [2.24, 2.45) is 11.7 Å². The Balaban J connectivity index is 2.91. The Morgan fingerprint density at radius 3 is 2.52 bits per heavy atom. The van der Waals surface area contributed by atoms with E-state index in [4.69, 9.17) is 19.9 Å². The monoisotopic (exact) mass is 302 g/mol. The molecular formula is C16H34N2O3. The third kappa shape index (κ3) is 4.89. The number of rotatable bonds is 9. The van der Waals surface area contributed by atoms with Gasteiger partial charge in [0.15, 0.2) is 0 Å². The molecule has 2 N–H and O–H groups in total. The molecule has 1 heterocycles. The normalized spacial score (nSPS) is 28.3. The summed E-state index contributed by atoms with van der Waals surface area (Å²) in [4.78, 5) is 2.48. The van der Waals surface area contributed by atoms with Gasteiger partial charge in [0.1, 0.15) is 0 Å². The summed E-state index contributed by atoms with van der Waals surface area (Å²) < 4.78 is 16.6. The van der Waals surface area contributed by atoms with E-state index in [0.29, 0.717) is 31.7 Å². The van der Waals surface area contributed by atoms with Crippen LogP contribution in [0.25, 0.3) is 0 Å². The van der Waals surface area contributed by atoms with E-state index in [0.717, 1.165) is 26.0 Å². The average Bonchev–Trinajstić information content (AvgIpc) is 2.48. The zero-order valence-corrected chi connectivity index (χ0v) is 14.4. The molecule has 0 saturated carbocycles. The van der Waals surface area contributed by atoms with E-state index >= 15 is 0 Å². The topological polar surface area (TPSA) is 57.0 Å². The minimum Gasteiger partial charge on any atom is -0.383 e. The molecule has 1 saturated heterocycles. The second kappa shape index (κ2) is 9.06. The summed E-state index contributed by atoms with van der Waals surface area (Å²) in [5.74, 6) is 0.512. The molecule has 0 radical (unpaired) electrons. The Labute approximate surface area is 130 Å². The molecular weight excluding hydrogens is 268 g/mol. The first kappa shape index (κ1) is 18.8. The Morgan fingerprint density at radius 2 is 2.00 bits per heavy atom. The summed E-state index contributed by atoms with van der Waals surface area (Å²) in [5.41, 5.74) is 6.22. The number of ether oxygens (including phenoxy) is 3. The molecule has 126 valence electrons. The Morgan fingerprint density at radius 1 is 1.29 bits per heavy atom. The van der Waals surface area contributed by atoms with Gasteiger partial charge in [-0.05, 0) is 25.7 Å². The van der Waals surface area contributed by atoms with Crippen molar-refractivity contribution in [2.45, 2.75) is 51.3 Å². The smallest absolute Gasteiger partial charge is 0.0616 e. The molecule has 1 aliphatic rings. The largest absolute Gasteiger partial charge is 0.383 e. The van der Waals surface area contributed by atoms with Crippen LogP contribution in [0.5, 0.6) is 0 Å². The lowest BCUT2D eigenvalue weighted by molar-refractivity contribution is -0.106. The fourth-order valence-electron chi connectivity index (χ4n) is 3.37. The van der Waals surface area contributed by atoms with Gasteiger partial charge in [0.05, 0.1) is 19.3 Å². The number of methoxy groups -OCH3 is 2. The third-order valence-corrected chi connectivity index (χ3v) is 4.69. The molecule has 5 nitrogen and oxygen atoms in total. The maximum absolute atomic E-state index is 6.23. The maximum atomic E-state index is 6.23. The molecule has 1 aliphatic heterocycles. The SMILES string of the molecule is COCCN(C(C)COC)C1(CN)CCOC(C(C)C)C1. The lowest BCUT2D eigenvalue weighted by atomic mass is 9.81. The highest BCUT2D eigenvalue weighted by Crippen LogP contribution is 2.34. The molecule has 0 aromatic rings. The second-order valence-electron chi connectivity index (χ2n) is 6.53. The highest BCUT2D eigenvalue weighted by molar-refractivity contribution is 4.98. The van der Waals surface area contributed by atoms with E-state index in [1.807, 2.05) is 0 Å². The lowest BCUT2D eigenvalue weighted by Crippen LogP contribution is -2.62. The van der Waals surface area contributed by atoms with Gasteiger partial charge in [-0.15, -0.1) is 0 Å². The minimum atomic E-state index is -0.0103. The fourth-order valence-corrected chi connectivity index (χ4v) is 3.37. The van der Waals surface area contributed by atoms with Crippen LogP contribution >= 0.6 is 0 Å². The molecule has 3 atom stereocenters. The van der Waals surface area contributed by atoms with Gasteiger partial charge in [0, 0.05) is 45.5 Å². The van der Waals surface area contributed by atoms with Crippen molar-refractivity contribution in [2.75, 3.05) is 47.1 Å². The zero-order valence-electron chi connectivity index (χ0n) is 14.4. The number of hydrogen-bond acceptors (Lipinski definition) is 5. The Kier molecular flexibility index (Phi) is 8.13. The number of hydrogen-bond donors (Lipinski definition) is 1. The molecule has 0 aromatic heterocycles. The van der Waals surface area contributed by atoms with Crippen LogP contribution < -0.4 is 5.73 Å². The third-order valence-electron chi connectivity index (χ3n) is 4.69. The maximum Gasteiger partial charge on any atom is 0.0616 e. The van der Waals surface area contributed by atoms with Gasteiger partial charge < -0.3 is 19.9 Å². The fraction of sp³-hybridized carbons (Fsp3) is 1.00. The highest BCUT2D eigenvalue weighted by atomic mass is 16.5. The van der Waals surface area contributed by atoms with Crippen LogP contribution in [0.1, 0.15) is 33.6 Å². The van der Waals surface area contributed by atoms with Gasteiger partial charge in [-0.25, -0.2) is 0 Å². The van der Waals surface area contributed by atoms with Crippen LogP contribution in [-0.2, 0) is 14.2 Å².